The molecule has 0 bridgehead atoms. The molecule has 0 saturated heterocycles. The van der Waals surface area contributed by atoms with Crippen molar-refractivity contribution in [3.8, 4) is 0 Å². The molecule has 0 spiro atoms. The number of nitrogens with zero attached hydrogens (tertiary/aromatic N) is 1. The van der Waals surface area contributed by atoms with Crippen LogP contribution in [0.5, 0.6) is 0 Å². The van der Waals surface area contributed by atoms with Gasteiger partial charge in [-0.2, -0.15) is 0 Å². The summed E-state index contributed by atoms with van der Waals surface area (Å²) in [6.45, 7) is 1.43. The quantitative estimate of drug-likeness (QED) is 0.305. The lowest BCUT2D eigenvalue weighted by Crippen LogP contribution is -2.45. The van der Waals surface area contributed by atoms with Crippen molar-refractivity contribution < 1.29 is 12.8 Å². The summed E-state index contributed by atoms with van der Waals surface area (Å²) in [4.78, 5) is 4.65. The molecule has 0 aliphatic heterocycles. The number of hydrogen-bond acceptors (Lipinski definition) is 3. The first-order valence-corrected chi connectivity index (χ1v) is 12.2. The fraction of sp³-hybridized carbons (Fsp3) is 0.435. The minimum Gasteiger partial charge on any atom is -0.356 e. The van der Waals surface area contributed by atoms with Gasteiger partial charge < -0.3 is 10.6 Å². The SMILES string of the molecule is CN=C(NCCc1ccc(S(C)(=O)=O)cc1)NCC1(c2ccc(F)cc2)CCCC1.I. The predicted molar refractivity (Wildman–Crippen MR) is 135 cm³/mol. The Morgan fingerprint density at radius 1 is 1.03 bits per heavy atom. The van der Waals surface area contributed by atoms with Gasteiger partial charge in [-0.25, -0.2) is 12.8 Å². The molecular formula is C23H31FIN3O2S. The van der Waals surface area contributed by atoms with Gasteiger partial charge in [-0.05, 0) is 54.7 Å². The Morgan fingerprint density at radius 2 is 1.65 bits per heavy atom. The summed E-state index contributed by atoms with van der Waals surface area (Å²) in [6, 6.07) is 13.9. The third-order valence-electron chi connectivity index (χ3n) is 5.89. The molecule has 3 rings (SSSR count). The van der Waals surface area contributed by atoms with E-state index in [0.29, 0.717) is 11.4 Å². The number of rotatable bonds is 7. The van der Waals surface area contributed by atoms with Crippen molar-refractivity contribution in [1.29, 1.82) is 0 Å². The molecule has 170 valence electrons. The second kappa shape index (κ2) is 11.3. The molecule has 1 fully saturated rings. The summed E-state index contributed by atoms with van der Waals surface area (Å²) in [6.07, 6.45) is 6.48. The van der Waals surface area contributed by atoms with E-state index in [9.17, 15) is 12.8 Å². The van der Waals surface area contributed by atoms with Crippen LogP contribution in [0.4, 0.5) is 4.39 Å². The topological polar surface area (TPSA) is 70.6 Å². The van der Waals surface area contributed by atoms with Gasteiger partial charge in [-0.15, -0.1) is 24.0 Å². The standard InChI is InChI=1S/C23H30FN3O2S.HI/c1-25-22(26-16-13-18-5-11-21(12-6-18)30(2,28)29)27-17-23(14-3-4-15-23)19-7-9-20(24)10-8-19;/h5-12H,3-4,13-17H2,1-2H3,(H2,25,26,27);1H. The van der Waals surface area contributed by atoms with Crippen LogP contribution in [0.15, 0.2) is 58.4 Å². The second-order valence-corrected chi connectivity index (χ2v) is 10.0. The monoisotopic (exact) mass is 559 g/mol. The highest BCUT2D eigenvalue weighted by atomic mass is 127. The summed E-state index contributed by atoms with van der Waals surface area (Å²) in [5.74, 6) is 0.526. The number of benzene rings is 2. The predicted octanol–water partition coefficient (Wildman–Crippen LogP) is 4.07. The molecule has 2 aromatic rings. The minimum atomic E-state index is -3.17. The summed E-state index contributed by atoms with van der Waals surface area (Å²) < 4.78 is 36.5. The Balaban J connectivity index is 0.00000341. The van der Waals surface area contributed by atoms with E-state index in [1.165, 1.54) is 36.8 Å². The molecule has 0 unspecified atom stereocenters. The lowest BCUT2D eigenvalue weighted by atomic mass is 9.79. The number of guanidine groups is 1. The molecule has 8 heteroatoms. The zero-order valence-electron chi connectivity index (χ0n) is 18.0. The Morgan fingerprint density at radius 3 is 2.19 bits per heavy atom. The summed E-state index contributed by atoms with van der Waals surface area (Å²) >= 11 is 0. The van der Waals surface area contributed by atoms with Gasteiger partial charge in [0.15, 0.2) is 15.8 Å². The molecule has 2 N–H and O–H groups in total. The van der Waals surface area contributed by atoms with Crippen LogP contribution in [0.3, 0.4) is 0 Å². The van der Waals surface area contributed by atoms with Crippen molar-refractivity contribution in [3.05, 3.63) is 65.5 Å². The lowest BCUT2D eigenvalue weighted by Gasteiger charge is -2.31. The fourth-order valence-electron chi connectivity index (χ4n) is 4.12. The summed E-state index contributed by atoms with van der Waals surface area (Å²) in [7, 11) is -1.42. The molecule has 0 heterocycles. The van der Waals surface area contributed by atoms with Crippen molar-refractivity contribution >= 4 is 39.8 Å². The van der Waals surface area contributed by atoms with Crippen LogP contribution in [-0.4, -0.2) is 40.8 Å². The summed E-state index contributed by atoms with van der Waals surface area (Å²) in [5.41, 5.74) is 2.24. The van der Waals surface area contributed by atoms with Crippen LogP contribution in [0, 0.1) is 5.82 Å². The number of hydrogen-bond donors (Lipinski definition) is 2. The van der Waals surface area contributed by atoms with Crippen molar-refractivity contribution in [1.82, 2.24) is 10.6 Å². The normalized spacial score (nSPS) is 15.9. The third kappa shape index (κ3) is 6.90. The van der Waals surface area contributed by atoms with E-state index in [-0.39, 0.29) is 35.2 Å². The van der Waals surface area contributed by atoms with E-state index in [4.69, 9.17) is 0 Å². The second-order valence-electron chi connectivity index (χ2n) is 8.01. The summed E-state index contributed by atoms with van der Waals surface area (Å²) in [5, 5.41) is 6.77. The van der Waals surface area contributed by atoms with Gasteiger partial charge in [0.05, 0.1) is 4.90 Å². The van der Waals surface area contributed by atoms with Gasteiger partial charge in [-0.3, -0.25) is 4.99 Å². The highest BCUT2D eigenvalue weighted by Crippen LogP contribution is 2.40. The average molecular weight is 559 g/mol. The van der Waals surface area contributed by atoms with Gasteiger partial charge in [0, 0.05) is 31.8 Å². The number of nitrogens with one attached hydrogen (secondary N) is 2. The first kappa shape index (κ1) is 25.6. The van der Waals surface area contributed by atoms with Crippen LogP contribution in [-0.2, 0) is 21.7 Å². The number of aliphatic imine (C=N–C) groups is 1. The molecule has 31 heavy (non-hydrogen) atoms. The van der Waals surface area contributed by atoms with Gasteiger partial charge in [-0.1, -0.05) is 37.1 Å². The van der Waals surface area contributed by atoms with Crippen molar-refractivity contribution in [2.24, 2.45) is 4.99 Å². The molecular weight excluding hydrogens is 528 g/mol. The first-order chi connectivity index (χ1) is 14.3. The van der Waals surface area contributed by atoms with Crippen LogP contribution < -0.4 is 10.6 Å². The first-order valence-electron chi connectivity index (χ1n) is 10.3. The third-order valence-corrected chi connectivity index (χ3v) is 7.02. The molecule has 0 aromatic heterocycles. The maximum atomic E-state index is 13.4. The van der Waals surface area contributed by atoms with Gasteiger partial charge in [0.1, 0.15) is 5.82 Å². The molecule has 2 aromatic carbocycles. The zero-order valence-corrected chi connectivity index (χ0v) is 21.2. The van der Waals surface area contributed by atoms with Gasteiger partial charge in [0.2, 0.25) is 0 Å². The minimum absolute atomic E-state index is 0. The molecule has 0 amide bonds. The van der Waals surface area contributed by atoms with Crippen molar-refractivity contribution in [2.75, 3.05) is 26.4 Å². The van der Waals surface area contributed by atoms with Crippen molar-refractivity contribution in [3.63, 3.8) is 0 Å². The van der Waals surface area contributed by atoms with Crippen LogP contribution in [0.1, 0.15) is 36.8 Å². The van der Waals surface area contributed by atoms with Crippen LogP contribution >= 0.6 is 24.0 Å². The fourth-order valence-corrected chi connectivity index (χ4v) is 4.76. The van der Waals surface area contributed by atoms with E-state index in [1.807, 2.05) is 24.3 Å². The van der Waals surface area contributed by atoms with Gasteiger partial charge >= 0.3 is 0 Å². The van der Waals surface area contributed by atoms with Crippen molar-refractivity contribution in [2.45, 2.75) is 42.4 Å². The number of sulfone groups is 1. The largest absolute Gasteiger partial charge is 0.356 e. The molecule has 0 atom stereocenters. The molecule has 1 saturated carbocycles. The Bertz CT molecular complexity index is 971. The average Bonchev–Trinajstić information content (AvgIpc) is 3.21. The molecule has 1 aliphatic carbocycles. The van der Waals surface area contributed by atoms with E-state index in [2.05, 4.69) is 15.6 Å². The highest BCUT2D eigenvalue weighted by Gasteiger charge is 2.35. The van der Waals surface area contributed by atoms with E-state index in [0.717, 1.165) is 37.3 Å². The van der Waals surface area contributed by atoms with E-state index in [1.54, 1.807) is 19.2 Å². The smallest absolute Gasteiger partial charge is 0.191 e. The van der Waals surface area contributed by atoms with Crippen LogP contribution in [0.2, 0.25) is 0 Å². The van der Waals surface area contributed by atoms with Gasteiger partial charge in [0.25, 0.3) is 0 Å². The van der Waals surface area contributed by atoms with E-state index < -0.39 is 9.84 Å². The Kier molecular flexibility index (Phi) is 9.29. The molecule has 1 aliphatic rings. The molecule has 5 nitrogen and oxygen atoms in total. The lowest BCUT2D eigenvalue weighted by molar-refractivity contribution is 0.431. The molecule has 0 radical (unpaired) electrons. The van der Waals surface area contributed by atoms with Crippen LogP contribution in [0.25, 0.3) is 0 Å². The maximum Gasteiger partial charge on any atom is 0.191 e. The highest BCUT2D eigenvalue weighted by molar-refractivity contribution is 14.0. The Labute approximate surface area is 201 Å². The zero-order chi connectivity index (χ0) is 21.6. The maximum absolute atomic E-state index is 13.4. The Hall–Kier alpha value is -1.68. The van der Waals surface area contributed by atoms with E-state index >= 15 is 0 Å². The number of halogens is 2.